The minimum atomic E-state index is -4.99. The van der Waals surface area contributed by atoms with E-state index in [9.17, 15) is 26.4 Å². The van der Waals surface area contributed by atoms with E-state index in [0.717, 1.165) is 18.5 Å². The van der Waals surface area contributed by atoms with Crippen molar-refractivity contribution in [1.29, 1.82) is 0 Å². The molecule has 0 bridgehead atoms. The molecule has 0 saturated carbocycles. The highest BCUT2D eigenvalue weighted by molar-refractivity contribution is 7.92. The van der Waals surface area contributed by atoms with Crippen molar-refractivity contribution in [1.82, 2.24) is 9.97 Å². The first-order valence-electron chi connectivity index (χ1n) is 7.43. The van der Waals surface area contributed by atoms with Crippen LogP contribution in [0.25, 0.3) is 0 Å². The Hall–Kier alpha value is -2.89. The second kappa shape index (κ2) is 7.78. The molecule has 1 heterocycles. The van der Waals surface area contributed by atoms with Crippen molar-refractivity contribution in [3.8, 4) is 5.75 Å². The SMILES string of the molecule is CCN(c1nccnc1C(=O)O)S(=O)(=O)Cc1ccccc1OC(F)(F)F. The zero-order chi connectivity index (χ0) is 20.2. The Balaban J connectivity index is 2.43. The van der Waals surface area contributed by atoms with Crippen LogP contribution in [-0.4, -0.2) is 42.4 Å². The number of nitrogens with zero attached hydrogens (tertiary/aromatic N) is 3. The van der Waals surface area contributed by atoms with Gasteiger partial charge in [0.2, 0.25) is 10.0 Å². The third-order valence-corrected chi connectivity index (χ3v) is 5.06. The molecule has 8 nitrogen and oxygen atoms in total. The van der Waals surface area contributed by atoms with Gasteiger partial charge < -0.3 is 9.84 Å². The molecule has 2 aromatic rings. The molecule has 0 radical (unpaired) electrons. The predicted octanol–water partition coefficient (Wildman–Crippen LogP) is 2.43. The Labute approximate surface area is 152 Å². The van der Waals surface area contributed by atoms with E-state index in [-0.39, 0.29) is 12.1 Å². The van der Waals surface area contributed by atoms with Gasteiger partial charge in [-0.1, -0.05) is 18.2 Å². The maximum absolute atomic E-state index is 12.8. The van der Waals surface area contributed by atoms with Crippen molar-refractivity contribution in [2.75, 3.05) is 10.8 Å². The number of carboxylic acids is 1. The van der Waals surface area contributed by atoms with Gasteiger partial charge in [-0.3, -0.25) is 4.31 Å². The molecule has 2 rings (SSSR count). The lowest BCUT2D eigenvalue weighted by molar-refractivity contribution is -0.274. The van der Waals surface area contributed by atoms with Crippen LogP contribution in [0.1, 0.15) is 23.0 Å². The molecular formula is C15H14F3N3O5S. The average Bonchev–Trinajstić information content (AvgIpc) is 2.56. The number of aromatic carboxylic acids is 1. The van der Waals surface area contributed by atoms with E-state index in [1.54, 1.807) is 0 Å². The van der Waals surface area contributed by atoms with E-state index < -0.39 is 45.4 Å². The number of halogens is 3. The fourth-order valence-corrected chi connectivity index (χ4v) is 3.84. The summed E-state index contributed by atoms with van der Waals surface area (Å²) in [6, 6.07) is 4.77. The number of hydrogen-bond acceptors (Lipinski definition) is 6. The topological polar surface area (TPSA) is 110 Å². The third kappa shape index (κ3) is 5.06. The molecule has 0 saturated heterocycles. The van der Waals surface area contributed by atoms with Crippen LogP contribution in [0.5, 0.6) is 5.75 Å². The minimum absolute atomic E-state index is 0.205. The number of rotatable bonds is 7. The van der Waals surface area contributed by atoms with E-state index in [0.29, 0.717) is 4.31 Å². The van der Waals surface area contributed by atoms with Gasteiger partial charge in [-0.25, -0.2) is 23.2 Å². The maximum atomic E-state index is 12.8. The van der Waals surface area contributed by atoms with E-state index >= 15 is 0 Å². The van der Waals surface area contributed by atoms with E-state index in [2.05, 4.69) is 14.7 Å². The number of aromatic nitrogens is 2. The van der Waals surface area contributed by atoms with Crippen LogP contribution in [0.4, 0.5) is 19.0 Å². The van der Waals surface area contributed by atoms with Gasteiger partial charge in [0.05, 0.1) is 5.75 Å². The van der Waals surface area contributed by atoms with Gasteiger partial charge in [-0.05, 0) is 13.0 Å². The average molecular weight is 405 g/mol. The summed E-state index contributed by atoms with van der Waals surface area (Å²) in [6.45, 7) is 1.22. The van der Waals surface area contributed by atoms with Crippen LogP contribution in [0.15, 0.2) is 36.7 Å². The maximum Gasteiger partial charge on any atom is 0.573 e. The monoisotopic (exact) mass is 405 g/mol. The van der Waals surface area contributed by atoms with Gasteiger partial charge in [-0.2, -0.15) is 0 Å². The third-order valence-electron chi connectivity index (χ3n) is 3.28. The highest BCUT2D eigenvalue weighted by Crippen LogP contribution is 2.29. The fraction of sp³-hybridized carbons (Fsp3) is 0.267. The van der Waals surface area contributed by atoms with E-state index in [4.69, 9.17) is 5.11 Å². The van der Waals surface area contributed by atoms with Gasteiger partial charge in [0.1, 0.15) is 5.75 Å². The number of alkyl halides is 3. The molecule has 0 aliphatic carbocycles. The summed E-state index contributed by atoms with van der Waals surface area (Å²) in [7, 11) is -4.29. The van der Waals surface area contributed by atoms with Crippen LogP contribution >= 0.6 is 0 Å². The quantitative estimate of drug-likeness (QED) is 0.753. The predicted molar refractivity (Wildman–Crippen MR) is 87.8 cm³/mol. The van der Waals surface area contributed by atoms with E-state index in [1.807, 2.05) is 0 Å². The van der Waals surface area contributed by atoms with Crippen LogP contribution in [0, 0.1) is 0 Å². The molecule has 146 valence electrons. The fourth-order valence-electron chi connectivity index (χ4n) is 2.26. The van der Waals surface area contributed by atoms with Crippen molar-refractivity contribution in [2.24, 2.45) is 0 Å². The lowest BCUT2D eigenvalue weighted by atomic mass is 10.2. The Bertz CT molecular complexity index is 934. The Morgan fingerprint density at radius 1 is 1.22 bits per heavy atom. The Kier molecular flexibility index (Phi) is 5.88. The van der Waals surface area contributed by atoms with Gasteiger partial charge >= 0.3 is 12.3 Å². The number of hydrogen-bond donors (Lipinski definition) is 1. The van der Waals surface area contributed by atoms with Crippen LogP contribution in [-0.2, 0) is 15.8 Å². The van der Waals surface area contributed by atoms with E-state index in [1.165, 1.54) is 25.1 Å². The highest BCUT2D eigenvalue weighted by Gasteiger charge is 2.34. The highest BCUT2D eigenvalue weighted by atomic mass is 32.2. The molecule has 1 aromatic heterocycles. The standard InChI is InChI=1S/C15H14F3N3O5S/c1-2-21(13-12(14(22)23)19-7-8-20-13)27(24,25)9-10-5-3-4-6-11(10)26-15(16,17)18/h3-8H,2,9H2,1H3,(H,22,23). The number of carboxylic acid groups (broad SMARTS) is 1. The minimum Gasteiger partial charge on any atom is -0.476 e. The van der Waals surface area contributed by atoms with Crippen LogP contribution in [0.3, 0.4) is 0 Å². The Morgan fingerprint density at radius 3 is 2.44 bits per heavy atom. The van der Waals surface area contributed by atoms with Crippen molar-refractivity contribution in [2.45, 2.75) is 19.0 Å². The number of sulfonamides is 1. The second-order valence-corrected chi connectivity index (χ2v) is 7.00. The second-order valence-electron chi connectivity index (χ2n) is 5.11. The summed E-state index contributed by atoms with van der Waals surface area (Å²) in [6.07, 6.45) is -2.80. The summed E-state index contributed by atoms with van der Waals surface area (Å²) < 4.78 is 67.6. The van der Waals surface area contributed by atoms with Crippen molar-refractivity contribution < 1.29 is 36.2 Å². The lowest BCUT2D eigenvalue weighted by Gasteiger charge is -2.23. The summed E-state index contributed by atoms with van der Waals surface area (Å²) in [5, 5.41) is 9.17. The molecule has 27 heavy (non-hydrogen) atoms. The van der Waals surface area contributed by atoms with Gasteiger partial charge in [-0.15, -0.1) is 13.2 Å². The van der Waals surface area contributed by atoms with Gasteiger partial charge in [0.15, 0.2) is 11.5 Å². The molecule has 0 fully saturated rings. The summed E-state index contributed by atoms with van der Waals surface area (Å²) >= 11 is 0. The summed E-state index contributed by atoms with van der Waals surface area (Å²) in [5.41, 5.74) is -0.836. The molecular weight excluding hydrogens is 391 g/mol. The largest absolute Gasteiger partial charge is 0.573 e. The number of para-hydroxylation sites is 1. The van der Waals surface area contributed by atoms with Crippen molar-refractivity contribution >= 4 is 21.8 Å². The molecule has 0 aliphatic rings. The molecule has 1 N–H and O–H groups in total. The molecule has 1 aromatic carbocycles. The smallest absolute Gasteiger partial charge is 0.476 e. The molecule has 0 aliphatic heterocycles. The van der Waals surface area contributed by atoms with Crippen LogP contribution in [0.2, 0.25) is 0 Å². The molecule has 0 atom stereocenters. The summed E-state index contributed by atoms with van der Waals surface area (Å²) in [5.74, 6) is -3.44. The first-order chi connectivity index (χ1) is 12.5. The lowest BCUT2D eigenvalue weighted by Crippen LogP contribution is -2.34. The van der Waals surface area contributed by atoms with Gasteiger partial charge in [0, 0.05) is 24.5 Å². The molecule has 0 amide bonds. The molecule has 0 unspecified atom stereocenters. The number of benzene rings is 1. The van der Waals surface area contributed by atoms with Crippen LogP contribution < -0.4 is 9.04 Å². The molecule has 0 spiro atoms. The molecule has 12 heteroatoms. The zero-order valence-electron chi connectivity index (χ0n) is 13.8. The first kappa shape index (κ1) is 20.4. The Morgan fingerprint density at radius 2 is 1.85 bits per heavy atom. The van der Waals surface area contributed by atoms with Gasteiger partial charge in [0.25, 0.3) is 0 Å². The zero-order valence-corrected chi connectivity index (χ0v) is 14.7. The summed E-state index contributed by atoms with van der Waals surface area (Å²) in [4.78, 5) is 18.6. The van der Waals surface area contributed by atoms with Crippen molar-refractivity contribution in [3.63, 3.8) is 0 Å². The number of ether oxygens (including phenoxy) is 1. The normalized spacial score (nSPS) is 11.9. The number of carbonyl (C=O) groups is 1. The first-order valence-corrected chi connectivity index (χ1v) is 9.04. The van der Waals surface area contributed by atoms with Crippen molar-refractivity contribution in [3.05, 3.63) is 47.9 Å². The number of anilines is 1.